The van der Waals surface area contributed by atoms with Crippen molar-refractivity contribution in [1.82, 2.24) is 4.90 Å². The van der Waals surface area contributed by atoms with Gasteiger partial charge in [0.1, 0.15) is 12.4 Å². The summed E-state index contributed by atoms with van der Waals surface area (Å²) in [6.45, 7) is 1.37. The van der Waals surface area contributed by atoms with E-state index in [0.717, 1.165) is 0 Å². The molecule has 0 spiro atoms. The minimum Gasteiger partial charge on any atom is -0.491 e. The first-order valence-electron chi connectivity index (χ1n) is 5.90. The van der Waals surface area contributed by atoms with Gasteiger partial charge in [-0.1, -0.05) is 12.1 Å². The molecule has 0 fully saturated rings. The zero-order valence-corrected chi connectivity index (χ0v) is 10.3. The van der Waals surface area contributed by atoms with Gasteiger partial charge >= 0.3 is 0 Å². The van der Waals surface area contributed by atoms with Crippen molar-refractivity contribution < 1.29 is 19.4 Å². The predicted molar refractivity (Wildman–Crippen MR) is 65.7 cm³/mol. The number of hydrogen-bond donors (Lipinski definition) is 1. The van der Waals surface area contributed by atoms with Crippen molar-refractivity contribution in [2.24, 2.45) is 0 Å². The van der Waals surface area contributed by atoms with E-state index in [4.69, 9.17) is 9.47 Å². The van der Waals surface area contributed by atoms with Gasteiger partial charge in [0, 0.05) is 13.7 Å². The molecule has 1 aromatic rings. The molecule has 2 rings (SSSR count). The van der Waals surface area contributed by atoms with Crippen molar-refractivity contribution in [3.63, 3.8) is 0 Å². The van der Waals surface area contributed by atoms with E-state index in [0.29, 0.717) is 24.5 Å². The Morgan fingerprint density at radius 2 is 2.28 bits per heavy atom. The summed E-state index contributed by atoms with van der Waals surface area (Å²) < 4.78 is 10.4. The van der Waals surface area contributed by atoms with Crippen LogP contribution in [0.4, 0.5) is 0 Å². The molecule has 0 aliphatic carbocycles. The Morgan fingerprint density at radius 3 is 3.06 bits per heavy atom. The molecule has 1 aliphatic heterocycles. The van der Waals surface area contributed by atoms with Gasteiger partial charge in [0.15, 0.2) is 0 Å². The number of benzene rings is 1. The van der Waals surface area contributed by atoms with Crippen LogP contribution in [-0.2, 0) is 4.74 Å². The third-order valence-corrected chi connectivity index (χ3v) is 2.81. The fourth-order valence-corrected chi connectivity index (χ4v) is 1.98. The molecule has 1 aliphatic rings. The lowest BCUT2D eigenvalue weighted by atomic mass is 10.1. The van der Waals surface area contributed by atoms with Gasteiger partial charge in [0.05, 0.1) is 24.8 Å². The van der Waals surface area contributed by atoms with Crippen molar-refractivity contribution in [2.75, 3.05) is 33.4 Å². The molecule has 1 amide bonds. The van der Waals surface area contributed by atoms with E-state index < -0.39 is 6.10 Å². The highest BCUT2D eigenvalue weighted by Gasteiger charge is 2.24. The van der Waals surface area contributed by atoms with Gasteiger partial charge in [-0.25, -0.2) is 0 Å². The number of aliphatic hydroxyl groups excluding tert-OH is 1. The van der Waals surface area contributed by atoms with Crippen LogP contribution in [0.3, 0.4) is 0 Å². The van der Waals surface area contributed by atoms with E-state index in [2.05, 4.69) is 0 Å². The van der Waals surface area contributed by atoms with Crippen molar-refractivity contribution in [3.8, 4) is 5.75 Å². The lowest BCUT2D eigenvalue weighted by molar-refractivity contribution is 0.0322. The van der Waals surface area contributed by atoms with Crippen LogP contribution in [0.25, 0.3) is 0 Å². The van der Waals surface area contributed by atoms with Crippen LogP contribution in [0.2, 0.25) is 0 Å². The molecule has 0 bridgehead atoms. The van der Waals surface area contributed by atoms with Crippen molar-refractivity contribution in [1.29, 1.82) is 0 Å². The summed E-state index contributed by atoms with van der Waals surface area (Å²) in [6.07, 6.45) is -0.677. The van der Waals surface area contributed by atoms with Crippen molar-refractivity contribution >= 4 is 5.91 Å². The lowest BCUT2D eigenvalue weighted by Crippen LogP contribution is -2.40. The number of carbonyl (C=O) groups excluding carboxylic acids is 1. The summed E-state index contributed by atoms with van der Waals surface area (Å²) in [5, 5.41) is 9.70. The van der Waals surface area contributed by atoms with Crippen LogP contribution in [0.5, 0.6) is 5.75 Å². The van der Waals surface area contributed by atoms with E-state index in [1.54, 1.807) is 23.1 Å². The fraction of sp³-hybridized carbons (Fsp3) is 0.462. The van der Waals surface area contributed by atoms with Gasteiger partial charge in [0.2, 0.25) is 0 Å². The predicted octanol–water partition coefficient (Wildman–Crippen LogP) is 0.528. The number of β-amino-alcohol motifs (C(OH)–C–C–N with tert-alkyl or cyclic N) is 1. The molecule has 1 aromatic carbocycles. The zero-order valence-electron chi connectivity index (χ0n) is 10.3. The number of hydrogen-bond acceptors (Lipinski definition) is 4. The van der Waals surface area contributed by atoms with Crippen LogP contribution in [0, 0.1) is 0 Å². The van der Waals surface area contributed by atoms with Crippen LogP contribution in [0.15, 0.2) is 24.3 Å². The smallest absolute Gasteiger partial charge is 0.257 e. The lowest BCUT2D eigenvalue weighted by Gasteiger charge is -2.22. The van der Waals surface area contributed by atoms with E-state index in [9.17, 15) is 9.90 Å². The Balaban J connectivity index is 2.12. The molecule has 1 N–H and O–H groups in total. The van der Waals surface area contributed by atoms with Gasteiger partial charge in [-0.2, -0.15) is 0 Å². The van der Waals surface area contributed by atoms with Crippen LogP contribution < -0.4 is 4.74 Å². The molecule has 0 saturated heterocycles. The second-order valence-corrected chi connectivity index (χ2v) is 4.20. The maximum absolute atomic E-state index is 12.3. The average molecular weight is 251 g/mol. The minimum absolute atomic E-state index is 0.113. The highest BCUT2D eigenvalue weighted by Crippen LogP contribution is 2.22. The number of ether oxygens (including phenoxy) is 2. The second-order valence-electron chi connectivity index (χ2n) is 4.20. The summed E-state index contributed by atoms with van der Waals surface area (Å²) in [5.41, 5.74) is 0.541. The number of nitrogens with zero attached hydrogens (tertiary/aromatic N) is 1. The van der Waals surface area contributed by atoms with Gasteiger partial charge in [-0.15, -0.1) is 0 Å². The first kappa shape index (κ1) is 12.9. The minimum atomic E-state index is -0.677. The van der Waals surface area contributed by atoms with Gasteiger partial charge in [-0.3, -0.25) is 4.79 Å². The van der Waals surface area contributed by atoms with E-state index in [1.165, 1.54) is 7.11 Å². The van der Waals surface area contributed by atoms with E-state index >= 15 is 0 Å². The topological polar surface area (TPSA) is 59.0 Å². The van der Waals surface area contributed by atoms with Crippen LogP contribution in [0.1, 0.15) is 10.4 Å². The van der Waals surface area contributed by atoms with E-state index in [1.807, 2.05) is 6.07 Å². The molecule has 1 heterocycles. The van der Waals surface area contributed by atoms with Gasteiger partial charge in [0.25, 0.3) is 5.91 Å². The molecule has 98 valence electrons. The summed E-state index contributed by atoms with van der Waals surface area (Å²) in [7, 11) is 1.52. The van der Waals surface area contributed by atoms with Crippen molar-refractivity contribution in [2.45, 2.75) is 6.10 Å². The molecule has 5 heteroatoms. The Labute approximate surface area is 106 Å². The Morgan fingerprint density at radius 1 is 1.50 bits per heavy atom. The molecule has 0 aromatic heterocycles. The SMILES string of the molecule is COCC(O)CN1CCOc2ccccc2C1=O. The summed E-state index contributed by atoms with van der Waals surface area (Å²) in [5.74, 6) is 0.490. The highest BCUT2D eigenvalue weighted by atomic mass is 16.5. The van der Waals surface area contributed by atoms with Crippen molar-refractivity contribution in [3.05, 3.63) is 29.8 Å². The normalized spacial score (nSPS) is 16.8. The van der Waals surface area contributed by atoms with E-state index in [-0.39, 0.29) is 19.1 Å². The molecule has 0 saturated carbocycles. The zero-order chi connectivity index (χ0) is 13.0. The quantitative estimate of drug-likeness (QED) is 0.848. The Hall–Kier alpha value is -1.59. The second kappa shape index (κ2) is 5.84. The number of fused-ring (bicyclic) bond motifs is 1. The van der Waals surface area contributed by atoms with Gasteiger partial charge < -0.3 is 19.5 Å². The first-order valence-corrected chi connectivity index (χ1v) is 5.90. The Bertz CT molecular complexity index is 421. The molecule has 5 nitrogen and oxygen atoms in total. The number of methoxy groups -OCH3 is 1. The van der Waals surface area contributed by atoms with Crippen LogP contribution >= 0.6 is 0 Å². The third kappa shape index (κ3) is 2.80. The summed E-state index contributed by atoms with van der Waals surface area (Å²) in [4.78, 5) is 13.9. The molecule has 1 unspecified atom stereocenters. The first-order chi connectivity index (χ1) is 8.72. The monoisotopic (exact) mass is 251 g/mol. The number of aliphatic hydroxyl groups is 1. The number of amides is 1. The standard InChI is InChI=1S/C13H17NO4/c1-17-9-10(15)8-14-6-7-18-12-5-3-2-4-11(12)13(14)16/h2-5,10,15H,6-9H2,1H3. The molecular formula is C13H17NO4. The number of para-hydroxylation sites is 1. The third-order valence-electron chi connectivity index (χ3n) is 2.81. The summed E-state index contributed by atoms with van der Waals surface area (Å²) >= 11 is 0. The summed E-state index contributed by atoms with van der Waals surface area (Å²) in [6, 6.07) is 7.15. The average Bonchev–Trinajstić information content (AvgIpc) is 2.51. The largest absolute Gasteiger partial charge is 0.491 e. The molecule has 0 radical (unpaired) electrons. The maximum Gasteiger partial charge on any atom is 0.257 e. The Kier molecular flexibility index (Phi) is 4.17. The van der Waals surface area contributed by atoms with Crippen LogP contribution in [-0.4, -0.2) is 55.4 Å². The van der Waals surface area contributed by atoms with Gasteiger partial charge in [-0.05, 0) is 12.1 Å². The fourth-order valence-electron chi connectivity index (χ4n) is 1.98. The number of rotatable bonds is 4. The molecular weight excluding hydrogens is 234 g/mol. The molecule has 1 atom stereocenters. The number of carbonyl (C=O) groups is 1. The maximum atomic E-state index is 12.3. The molecule has 18 heavy (non-hydrogen) atoms. The highest BCUT2D eigenvalue weighted by molar-refractivity contribution is 5.97.